The van der Waals surface area contributed by atoms with Crippen molar-refractivity contribution < 1.29 is 21.7 Å². The highest BCUT2D eigenvalue weighted by Gasteiger charge is 2.46. The molecule has 1 N–H and O–H groups in total. The van der Waals surface area contributed by atoms with E-state index in [1.54, 1.807) is 0 Å². The molecule has 0 saturated carbocycles. The van der Waals surface area contributed by atoms with E-state index in [9.17, 15) is 0 Å². The van der Waals surface area contributed by atoms with Crippen molar-refractivity contribution >= 4 is 23.1 Å². The Morgan fingerprint density at radius 2 is 1.67 bits per heavy atom. The fourth-order valence-corrected chi connectivity index (χ4v) is 4.10. The summed E-state index contributed by atoms with van der Waals surface area (Å²) in [5.74, 6) is 0.646. The number of nitrogens with one attached hydrogen (secondary N) is 1. The number of rotatable bonds is 1. The first-order chi connectivity index (χ1) is 11.2. The number of anilines is 1. The van der Waals surface area contributed by atoms with Crippen LogP contribution in [-0.2, 0) is 16.7 Å². The van der Waals surface area contributed by atoms with Crippen molar-refractivity contribution in [1.29, 1.82) is 5.41 Å². The van der Waals surface area contributed by atoms with E-state index in [2.05, 4.69) is 29.2 Å². The third-order valence-electron chi connectivity index (χ3n) is 5.07. The first kappa shape index (κ1) is 17.5. The van der Waals surface area contributed by atoms with Crippen molar-refractivity contribution in [1.82, 2.24) is 0 Å². The van der Waals surface area contributed by atoms with Crippen LogP contribution < -0.4 is 21.9 Å². The van der Waals surface area contributed by atoms with Gasteiger partial charge >= 0.3 is 0 Å². The molecule has 1 fully saturated rings. The Kier molecular flexibility index (Phi) is 5.00. The van der Waals surface area contributed by atoms with Crippen LogP contribution in [0.2, 0.25) is 5.02 Å². The number of amidine groups is 1. The molecule has 1 spiro atoms. The molecule has 0 atom stereocenters. The average Bonchev–Trinajstić information content (AvgIpc) is 2.60. The topological polar surface area (TPSA) is 36.3 Å². The van der Waals surface area contributed by atoms with Crippen molar-refractivity contribution in [2.45, 2.75) is 24.8 Å². The number of ether oxygens (including phenoxy) is 1. The Bertz CT molecular complexity index is 759. The summed E-state index contributed by atoms with van der Waals surface area (Å²) in [7, 11) is 0. The lowest BCUT2D eigenvalue weighted by Gasteiger charge is -2.47. The lowest BCUT2D eigenvalue weighted by molar-refractivity contribution is -0.00000619. The molecule has 1 saturated heterocycles. The predicted octanol–water partition coefficient (Wildman–Crippen LogP) is 1.39. The molecule has 2 aromatic carbocycles. The predicted molar refractivity (Wildman–Crippen MR) is 93.5 cm³/mol. The van der Waals surface area contributed by atoms with E-state index >= 15 is 0 Å². The number of hydrogen-bond acceptors (Lipinski definition) is 2. The van der Waals surface area contributed by atoms with Gasteiger partial charge in [0.1, 0.15) is 5.84 Å². The third-order valence-corrected chi connectivity index (χ3v) is 5.39. The molecule has 0 radical (unpaired) electrons. The van der Waals surface area contributed by atoms with Crippen LogP contribution in [0.25, 0.3) is 0 Å². The van der Waals surface area contributed by atoms with E-state index in [0.717, 1.165) is 18.5 Å². The Hall–Kier alpha value is -1.36. The smallest absolute Gasteiger partial charge is 0.112 e. The summed E-state index contributed by atoms with van der Waals surface area (Å²) in [5, 5.41) is 9.66. The maximum atomic E-state index is 8.97. The highest BCUT2D eigenvalue weighted by molar-refractivity contribution is 6.34. The summed E-state index contributed by atoms with van der Waals surface area (Å²) in [6, 6.07) is 16.3. The van der Waals surface area contributed by atoms with E-state index in [4.69, 9.17) is 21.7 Å². The van der Waals surface area contributed by atoms with Gasteiger partial charge in [-0.15, -0.1) is 0 Å². The maximum Gasteiger partial charge on any atom is 0.112 e. The molecule has 2 aromatic rings. The second kappa shape index (κ2) is 6.87. The maximum absolute atomic E-state index is 8.97. The van der Waals surface area contributed by atoms with Gasteiger partial charge in [-0.05, 0) is 36.1 Å². The normalized spacial score (nSPS) is 18.9. The second-order valence-corrected chi connectivity index (χ2v) is 6.64. The summed E-state index contributed by atoms with van der Waals surface area (Å²) >= 11 is 6.41. The van der Waals surface area contributed by atoms with Crippen LogP contribution in [0.4, 0.5) is 5.69 Å². The van der Waals surface area contributed by atoms with Crippen LogP contribution in [0, 0.1) is 5.41 Å². The quantitative estimate of drug-likeness (QED) is 0.777. The Morgan fingerprint density at radius 1 is 1.00 bits per heavy atom. The van der Waals surface area contributed by atoms with Crippen molar-refractivity contribution in [3.8, 4) is 0 Å². The lowest BCUT2D eigenvalue weighted by Crippen LogP contribution is -3.00. The first-order valence-corrected chi connectivity index (χ1v) is 8.37. The van der Waals surface area contributed by atoms with Gasteiger partial charge in [-0.3, -0.25) is 5.41 Å². The number of benzene rings is 2. The minimum atomic E-state index is -0.258. The van der Waals surface area contributed by atoms with Gasteiger partial charge in [0.15, 0.2) is 0 Å². The van der Waals surface area contributed by atoms with E-state index in [1.807, 2.05) is 24.3 Å². The van der Waals surface area contributed by atoms with Crippen LogP contribution in [0.3, 0.4) is 0 Å². The van der Waals surface area contributed by atoms with E-state index in [-0.39, 0.29) is 22.4 Å². The zero-order valence-electron chi connectivity index (χ0n) is 13.3. The van der Waals surface area contributed by atoms with Crippen molar-refractivity contribution in [2.24, 2.45) is 0 Å². The highest BCUT2D eigenvalue weighted by Crippen LogP contribution is 2.44. The van der Waals surface area contributed by atoms with Crippen LogP contribution in [0.1, 0.15) is 24.0 Å². The van der Waals surface area contributed by atoms with Crippen LogP contribution in [-0.4, -0.2) is 19.0 Å². The van der Waals surface area contributed by atoms with Gasteiger partial charge in [0.25, 0.3) is 0 Å². The van der Waals surface area contributed by atoms with E-state index in [1.165, 1.54) is 11.1 Å². The van der Waals surface area contributed by atoms with Gasteiger partial charge in [-0.25, -0.2) is 0 Å². The molecule has 4 rings (SSSR count). The monoisotopic (exact) mass is 405 g/mol. The SMILES string of the molecule is N=C1N(c2ccccc2Cl)Cc2ccccc2C12CCOCC2.[Br-]. The van der Waals surface area contributed by atoms with Gasteiger partial charge in [0.05, 0.1) is 16.1 Å². The standard InChI is InChI=1S/C19H19ClN2O.BrH/c20-16-7-3-4-8-17(16)22-13-14-5-1-2-6-15(14)19(18(22)21)9-11-23-12-10-19;/h1-8,21H,9-13H2;1H/p-1. The summed E-state index contributed by atoms with van der Waals surface area (Å²) < 4.78 is 5.58. The molecule has 24 heavy (non-hydrogen) atoms. The molecule has 126 valence electrons. The van der Waals surface area contributed by atoms with Crippen LogP contribution in [0.5, 0.6) is 0 Å². The molecule has 0 aromatic heterocycles. The largest absolute Gasteiger partial charge is 1.00 e. The number of nitrogens with zero attached hydrogens (tertiary/aromatic N) is 1. The average molecular weight is 407 g/mol. The molecular formula is C19H19BrClN2O-. The highest BCUT2D eigenvalue weighted by atomic mass is 79.9. The van der Waals surface area contributed by atoms with Gasteiger partial charge in [0, 0.05) is 19.8 Å². The van der Waals surface area contributed by atoms with E-state index < -0.39 is 0 Å². The fourth-order valence-electron chi connectivity index (χ4n) is 3.86. The van der Waals surface area contributed by atoms with E-state index in [0.29, 0.717) is 30.6 Å². The van der Waals surface area contributed by atoms with Crippen molar-refractivity contribution in [3.63, 3.8) is 0 Å². The summed E-state index contributed by atoms with van der Waals surface area (Å²) in [5.41, 5.74) is 3.23. The molecule has 5 heteroatoms. The molecule has 2 aliphatic rings. The summed E-state index contributed by atoms with van der Waals surface area (Å²) in [4.78, 5) is 2.07. The van der Waals surface area contributed by atoms with Crippen LogP contribution >= 0.6 is 11.6 Å². The fraction of sp³-hybridized carbons (Fsp3) is 0.316. The number of halogens is 2. The molecule has 3 nitrogen and oxygen atoms in total. The number of hydrogen-bond donors (Lipinski definition) is 1. The number of fused-ring (bicyclic) bond motifs is 2. The van der Waals surface area contributed by atoms with Gasteiger partial charge in [-0.2, -0.15) is 0 Å². The molecule has 2 aliphatic heterocycles. The number of para-hydroxylation sites is 1. The zero-order valence-corrected chi connectivity index (χ0v) is 15.6. The Morgan fingerprint density at radius 3 is 2.42 bits per heavy atom. The second-order valence-electron chi connectivity index (χ2n) is 6.24. The Balaban J connectivity index is 0.00000169. The molecule has 0 amide bonds. The Labute approximate surface area is 157 Å². The minimum Gasteiger partial charge on any atom is -1.00 e. The molecule has 0 aliphatic carbocycles. The summed E-state index contributed by atoms with van der Waals surface area (Å²) in [6.45, 7) is 2.10. The first-order valence-electron chi connectivity index (χ1n) is 8.00. The van der Waals surface area contributed by atoms with Crippen molar-refractivity contribution in [3.05, 3.63) is 64.7 Å². The van der Waals surface area contributed by atoms with Crippen molar-refractivity contribution in [2.75, 3.05) is 18.1 Å². The van der Waals surface area contributed by atoms with Gasteiger partial charge in [0.2, 0.25) is 0 Å². The van der Waals surface area contributed by atoms with Gasteiger partial charge in [-0.1, -0.05) is 48.0 Å². The van der Waals surface area contributed by atoms with Gasteiger partial charge < -0.3 is 26.6 Å². The summed E-state index contributed by atoms with van der Waals surface area (Å²) in [6.07, 6.45) is 1.70. The molecular weight excluding hydrogens is 388 g/mol. The van der Waals surface area contributed by atoms with Crippen LogP contribution in [0.15, 0.2) is 48.5 Å². The third kappa shape index (κ3) is 2.67. The molecule has 0 unspecified atom stereocenters. The minimum absolute atomic E-state index is 0. The lowest BCUT2D eigenvalue weighted by atomic mass is 9.69. The zero-order chi connectivity index (χ0) is 15.9. The molecule has 0 bridgehead atoms. The molecule has 2 heterocycles.